The molecular formula is C20H16ClN5O3. The highest BCUT2D eigenvalue weighted by Crippen LogP contribution is 2.29. The van der Waals surface area contributed by atoms with Crippen LogP contribution in [0.25, 0.3) is 39.7 Å². The Hall–Kier alpha value is -3.39. The van der Waals surface area contributed by atoms with Crippen molar-refractivity contribution in [3.63, 3.8) is 0 Å². The summed E-state index contributed by atoms with van der Waals surface area (Å²) in [4.78, 5) is 22.2. The van der Waals surface area contributed by atoms with Crippen LogP contribution >= 0.6 is 11.6 Å². The van der Waals surface area contributed by atoms with Crippen LogP contribution in [0.5, 0.6) is 0 Å². The van der Waals surface area contributed by atoms with E-state index >= 15 is 0 Å². The molecule has 5 rings (SSSR count). The predicted molar refractivity (Wildman–Crippen MR) is 108 cm³/mol. The molecule has 29 heavy (non-hydrogen) atoms. The summed E-state index contributed by atoms with van der Waals surface area (Å²) in [6, 6.07) is 8.95. The molecule has 0 radical (unpaired) electrons. The number of aryl methyl sites for hydroxylation is 1. The van der Waals surface area contributed by atoms with Crippen LogP contribution in [0.4, 0.5) is 0 Å². The SMILES string of the molecule is Cc1ccc(-c2nc(-c3ncn4c3c(=O)n(C(C)C)c3c(Cl)cccc34)no2)o1. The lowest BCUT2D eigenvalue weighted by Gasteiger charge is -2.16. The molecule has 0 fully saturated rings. The van der Waals surface area contributed by atoms with Crippen LogP contribution in [-0.4, -0.2) is 24.1 Å². The smallest absolute Gasteiger partial charge is 0.293 e. The Labute approximate surface area is 169 Å². The largest absolute Gasteiger partial charge is 0.456 e. The summed E-state index contributed by atoms with van der Waals surface area (Å²) in [6.45, 7) is 5.69. The normalized spacial score (nSPS) is 11.9. The van der Waals surface area contributed by atoms with Crippen molar-refractivity contribution in [1.82, 2.24) is 24.1 Å². The van der Waals surface area contributed by atoms with Gasteiger partial charge >= 0.3 is 0 Å². The average molecular weight is 410 g/mol. The zero-order valence-electron chi connectivity index (χ0n) is 15.9. The first-order chi connectivity index (χ1) is 14.0. The molecule has 4 heterocycles. The van der Waals surface area contributed by atoms with Gasteiger partial charge in [-0.15, -0.1) is 0 Å². The molecule has 0 aliphatic carbocycles. The zero-order valence-corrected chi connectivity index (χ0v) is 16.6. The molecule has 0 atom stereocenters. The number of benzene rings is 1. The summed E-state index contributed by atoms with van der Waals surface area (Å²) in [6.07, 6.45) is 1.57. The van der Waals surface area contributed by atoms with Gasteiger partial charge in [0.1, 0.15) is 23.3 Å². The highest BCUT2D eigenvalue weighted by atomic mass is 35.5. The topological polar surface area (TPSA) is 91.4 Å². The number of hydrogen-bond acceptors (Lipinski definition) is 6. The molecule has 0 amide bonds. The quantitative estimate of drug-likeness (QED) is 0.435. The molecule has 0 aliphatic rings. The van der Waals surface area contributed by atoms with Crippen molar-refractivity contribution in [2.45, 2.75) is 26.8 Å². The number of aromatic nitrogens is 5. The summed E-state index contributed by atoms with van der Waals surface area (Å²) >= 11 is 6.43. The number of para-hydroxylation sites is 1. The Morgan fingerprint density at radius 3 is 2.69 bits per heavy atom. The molecule has 0 saturated heterocycles. The second-order valence-corrected chi connectivity index (χ2v) is 7.43. The fraction of sp³-hybridized carbons (Fsp3) is 0.200. The minimum absolute atomic E-state index is 0.107. The van der Waals surface area contributed by atoms with Gasteiger partial charge in [-0.25, -0.2) is 4.98 Å². The molecular weight excluding hydrogens is 394 g/mol. The number of hydrogen-bond donors (Lipinski definition) is 0. The van der Waals surface area contributed by atoms with E-state index in [4.69, 9.17) is 20.5 Å². The number of furan rings is 1. The Morgan fingerprint density at radius 2 is 1.97 bits per heavy atom. The first kappa shape index (κ1) is 17.7. The van der Waals surface area contributed by atoms with Crippen LogP contribution in [0, 0.1) is 6.92 Å². The number of imidazole rings is 1. The van der Waals surface area contributed by atoms with Crippen LogP contribution in [0.15, 0.2) is 50.4 Å². The van der Waals surface area contributed by atoms with Crippen molar-refractivity contribution in [3.8, 4) is 23.2 Å². The highest BCUT2D eigenvalue weighted by molar-refractivity contribution is 6.35. The maximum Gasteiger partial charge on any atom is 0.293 e. The summed E-state index contributed by atoms with van der Waals surface area (Å²) in [7, 11) is 0. The Balaban J connectivity index is 1.80. The second kappa shape index (κ2) is 6.31. The first-order valence-electron chi connectivity index (χ1n) is 9.06. The van der Waals surface area contributed by atoms with E-state index in [1.165, 1.54) is 0 Å². The standard InChI is InChI=1S/C20H16ClN5O3/c1-10(2)26-16-12(21)5-4-6-13(16)25-9-22-15(17(25)20(26)27)18-23-19(29-24-18)14-8-7-11(3)28-14/h4-10H,1-3H3. The van der Waals surface area contributed by atoms with Gasteiger partial charge in [0.15, 0.2) is 5.76 Å². The van der Waals surface area contributed by atoms with E-state index in [0.29, 0.717) is 27.5 Å². The fourth-order valence-electron chi connectivity index (χ4n) is 3.51. The second-order valence-electron chi connectivity index (χ2n) is 7.02. The van der Waals surface area contributed by atoms with E-state index in [0.717, 1.165) is 11.3 Å². The Morgan fingerprint density at radius 1 is 1.14 bits per heavy atom. The Bertz CT molecular complexity index is 1440. The van der Waals surface area contributed by atoms with E-state index in [-0.39, 0.29) is 23.3 Å². The minimum Gasteiger partial charge on any atom is -0.456 e. The summed E-state index contributed by atoms with van der Waals surface area (Å²) in [5, 5.41) is 4.51. The van der Waals surface area contributed by atoms with Gasteiger partial charge in [0.2, 0.25) is 5.82 Å². The molecule has 0 bridgehead atoms. The molecule has 0 unspecified atom stereocenters. The monoisotopic (exact) mass is 409 g/mol. The first-order valence-corrected chi connectivity index (χ1v) is 9.44. The van der Waals surface area contributed by atoms with Gasteiger partial charge in [-0.2, -0.15) is 4.98 Å². The van der Waals surface area contributed by atoms with Crippen LogP contribution in [0.1, 0.15) is 25.6 Å². The lowest BCUT2D eigenvalue weighted by molar-refractivity contribution is 0.414. The van der Waals surface area contributed by atoms with E-state index in [1.807, 2.05) is 39.0 Å². The lowest BCUT2D eigenvalue weighted by atomic mass is 10.2. The van der Waals surface area contributed by atoms with Gasteiger partial charge in [-0.1, -0.05) is 22.8 Å². The lowest BCUT2D eigenvalue weighted by Crippen LogP contribution is -2.25. The molecule has 1 aromatic carbocycles. The van der Waals surface area contributed by atoms with Gasteiger partial charge < -0.3 is 13.5 Å². The molecule has 9 heteroatoms. The van der Waals surface area contributed by atoms with Gasteiger partial charge in [0.05, 0.1) is 16.1 Å². The van der Waals surface area contributed by atoms with Crippen molar-refractivity contribution in [2.75, 3.05) is 0 Å². The van der Waals surface area contributed by atoms with E-state index in [9.17, 15) is 4.79 Å². The summed E-state index contributed by atoms with van der Waals surface area (Å²) in [5.41, 5.74) is 1.89. The third kappa shape index (κ3) is 2.60. The molecule has 4 aromatic heterocycles. The number of nitrogens with zero attached hydrogens (tertiary/aromatic N) is 5. The molecule has 0 spiro atoms. The maximum atomic E-state index is 13.4. The van der Waals surface area contributed by atoms with Crippen LogP contribution in [-0.2, 0) is 0 Å². The van der Waals surface area contributed by atoms with Gasteiger partial charge in [-0.3, -0.25) is 9.20 Å². The zero-order chi connectivity index (χ0) is 20.3. The van der Waals surface area contributed by atoms with Crippen LogP contribution < -0.4 is 5.56 Å². The number of rotatable bonds is 3. The van der Waals surface area contributed by atoms with Crippen LogP contribution in [0.3, 0.4) is 0 Å². The van der Waals surface area contributed by atoms with Crippen molar-refractivity contribution >= 4 is 28.2 Å². The molecule has 146 valence electrons. The molecule has 0 saturated carbocycles. The third-order valence-corrected chi connectivity index (χ3v) is 5.07. The summed E-state index contributed by atoms with van der Waals surface area (Å²) in [5.74, 6) is 1.63. The molecule has 0 aliphatic heterocycles. The average Bonchev–Trinajstić information content (AvgIpc) is 3.40. The van der Waals surface area contributed by atoms with Gasteiger partial charge in [0, 0.05) is 6.04 Å². The van der Waals surface area contributed by atoms with Crippen molar-refractivity contribution in [1.29, 1.82) is 0 Å². The number of halogens is 1. The molecule has 5 aromatic rings. The van der Waals surface area contributed by atoms with Crippen molar-refractivity contribution in [3.05, 3.63) is 57.8 Å². The molecule has 8 nitrogen and oxygen atoms in total. The maximum absolute atomic E-state index is 13.4. The van der Waals surface area contributed by atoms with Crippen LogP contribution in [0.2, 0.25) is 5.02 Å². The summed E-state index contributed by atoms with van der Waals surface area (Å²) < 4.78 is 14.2. The van der Waals surface area contributed by atoms with E-state index in [2.05, 4.69) is 15.1 Å². The molecule has 0 N–H and O–H groups in total. The minimum atomic E-state index is -0.228. The van der Waals surface area contributed by atoms with Crippen molar-refractivity contribution < 1.29 is 8.94 Å². The van der Waals surface area contributed by atoms with Gasteiger partial charge in [0.25, 0.3) is 11.4 Å². The predicted octanol–water partition coefficient (Wildman–Crippen LogP) is 4.50. The Kier molecular flexibility index (Phi) is 3.85. The number of fused-ring (bicyclic) bond motifs is 3. The van der Waals surface area contributed by atoms with Crippen molar-refractivity contribution in [2.24, 2.45) is 0 Å². The van der Waals surface area contributed by atoms with E-state index in [1.54, 1.807) is 27.4 Å². The highest BCUT2D eigenvalue weighted by Gasteiger charge is 2.23. The third-order valence-electron chi connectivity index (χ3n) is 4.76. The van der Waals surface area contributed by atoms with E-state index < -0.39 is 0 Å². The van der Waals surface area contributed by atoms with Gasteiger partial charge in [-0.05, 0) is 45.0 Å². The fourth-order valence-corrected chi connectivity index (χ4v) is 3.77.